The van der Waals surface area contributed by atoms with E-state index in [0.717, 1.165) is 28.1 Å². The molecule has 20 heavy (non-hydrogen) atoms. The van der Waals surface area contributed by atoms with E-state index in [2.05, 4.69) is 70.5 Å². The molecular formula is C14H20BrN5. The van der Waals surface area contributed by atoms with Gasteiger partial charge in [0.05, 0.1) is 11.7 Å². The lowest BCUT2D eigenvalue weighted by Gasteiger charge is -2.16. The number of aryl methyl sites for hydroxylation is 1. The third kappa shape index (κ3) is 3.24. The number of nitrogens with zero attached hydrogens (tertiary/aromatic N) is 4. The van der Waals surface area contributed by atoms with Gasteiger partial charge in [-0.1, -0.05) is 26.0 Å². The molecule has 1 atom stereocenters. The molecule has 1 heterocycles. The van der Waals surface area contributed by atoms with Crippen LogP contribution in [0.4, 0.5) is 0 Å². The zero-order valence-corrected chi connectivity index (χ0v) is 13.8. The van der Waals surface area contributed by atoms with Crippen molar-refractivity contribution < 1.29 is 0 Å². The third-order valence-electron chi connectivity index (χ3n) is 3.11. The zero-order chi connectivity index (χ0) is 14.7. The summed E-state index contributed by atoms with van der Waals surface area (Å²) in [5.74, 6) is 1.41. The second-order valence-corrected chi connectivity index (χ2v) is 6.17. The fourth-order valence-electron chi connectivity index (χ4n) is 1.93. The molecule has 0 saturated heterocycles. The monoisotopic (exact) mass is 337 g/mol. The number of hydrogen-bond donors (Lipinski definition) is 1. The number of nitrogens with one attached hydrogen (secondary N) is 1. The first-order valence-electron chi connectivity index (χ1n) is 6.78. The molecule has 2 rings (SSSR count). The summed E-state index contributed by atoms with van der Waals surface area (Å²) in [7, 11) is 0. The molecule has 0 aliphatic carbocycles. The Hall–Kier alpha value is -1.27. The molecule has 5 nitrogen and oxygen atoms in total. The summed E-state index contributed by atoms with van der Waals surface area (Å²) in [5.41, 5.74) is 2.12. The molecule has 6 heteroatoms. The highest BCUT2D eigenvalue weighted by molar-refractivity contribution is 9.10. The van der Waals surface area contributed by atoms with Crippen LogP contribution >= 0.6 is 15.9 Å². The van der Waals surface area contributed by atoms with Crippen LogP contribution in [0.3, 0.4) is 0 Å². The summed E-state index contributed by atoms with van der Waals surface area (Å²) >= 11 is 3.61. The molecule has 2 aromatic rings. The summed E-state index contributed by atoms with van der Waals surface area (Å²) in [4.78, 5) is 0. The minimum Gasteiger partial charge on any atom is -0.307 e. The quantitative estimate of drug-likeness (QED) is 0.910. The predicted molar refractivity (Wildman–Crippen MR) is 82.8 cm³/mol. The maximum absolute atomic E-state index is 4.16. The van der Waals surface area contributed by atoms with Crippen LogP contribution in [0.1, 0.15) is 38.2 Å². The van der Waals surface area contributed by atoms with E-state index in [1.807, 2.05) is 12.1 Å². The van der Waals surface area contributed by atoms with E-state index >= 15 is 0 Å². The SMILES string of the molecule is Cc1cccc(-n2nnnc2C(C)NCC(C)C)c1Br. The van der Waals surface area contributed by atoms with Crippen molar-refractivity contribution in [3.8, 4) is 5.69 Å². The molecular weight excluding hydrogens is 318 g/mol. The van der Waals surface area contributed by atoms with Gasteiger partial charge in [0.2, 0.25) is 0 Å². The van der Waals surface area contributed by atoms with Crippen LogP contribution in [0.2, 0.25) is 0 Å². The smallest absolute Gasteiger partial charge is 0.173 e. The summed E-state index contributed by atoms with van der Waals surface area (Å²) in [6.45, 7) is 9.43. The molecule has 1 unspecified atom stereocenters. The molecule has 0 amide bonds. The second-order valence-electron chi connectivity index (χ2n) is 5.38. The average molecular weight is 338 g/mol. The lowest BCUT2D eigenvalue weighted by atomic mass is 10.2. The molecule has 0 aliphatic heterocycles. The molecule has 0 bridgehead atoms. The van der Waals surface area contributed by atoms with Gasteiger partial charge in [0.15, 0.2) is 5.82 Å². The Morgan fingerprint density at radius 2 is 2.05 bits per heavy atom. The fraction of sp³-hybridized carbons (Fsp3) is 0.500. The topological polar surface area (TPSA) is 55.6 Å². The summed E-state index contributed by atoms with van der Waals surface area (Å²) in [5, 5.41) is 15.6. The average Bonchev–Trinajstić information content (AvgIpc) is 2.88. The second kappa shape index (κ2) is 6.45. The van der Waals surface area contributed by atoms with Crippen LogP contribution in [0.15, 0.2) is 22.7 Å². The van der Waals surface area contributed by atoms with Crippen molar-refractivity contribution in [2.75, 3.05) is 6.54 Å². The molecule has 0 saturated carbocycles. The predicted octanol–water partition coefficient (Wildman–Crippen LogP) is 3.04. The number of tetrazole rings is 1. The van der Waals surface area contributed by atoms with Gasteiger partial charge in [-0.05, 0) is 64.3 Å². The minimum absolute atomic E-state index is 0.0970. The van der Waals surface area contributed by atoms with E-state index < -0.39 is 0 Å². The minimum atomic E-state index is 0.0970. The molecule has 1 aromatic heterocycles. The lowest BCUT2D eigenvalue weighted by Crippen LogP contribution is -2.25. The Morgan fingerprint density at radius 1 is 1.30 bits per heavy atom. The maximum Gasteiger partial charge on any atom is 0.173 e. The van der Waals surface area contributed by atoms with Gasteiger partial charge in [0.25, 0.3) is 0 Å². The molecule has 0 radical (unpaired) electrons. The van der Waals surface area contributed by atoms with Crippen molar-refractivity contribution in [2.24, 2.45) is 5.92 Å². The Kier molecular flexibility index (Phi) is 4.88. The van der Waals surface area contributed by atoms with E-state index in [9.17, 15) is 0 Å². The molecule has 0 spiro atoms. The molecule has 0 aliphatic rings. The van der Waals surface area contributed by atoms with Crippen molar-refractivity contribution in [2.45, 2.75) is 33.7 Å². The summed E-state index contributed by atoms with van der Waals surface area (Å²) in [6, 6.07) is 6.16. The van der Waals surface area contributed by atoms with Crippen LogP contribution < -0.4 is 5.32 Å². The number of halogens is 1. The van der Waals surface area contributed by atoms with E-state index in [-0.39, 0.29) is 6.04 Å². The van der Waals surface area contributed by atoms with Crippen LogP contribution in [-0.4, -0.2) is 26.8 Å². The largest absolute Gasteiger partial charge is 0.307 e. The third-order valence-corrected chi connectivity index (χ3v) is 4.14. The van der Waals surface area contributed by atoms with Gasteiger partial charge in [-0.25, -0.2) is 0 Å². The lowest BCUT2D eigenvalue weighted by molar-refractivity contribution is 0.475. The van der Waals surface area contributed by atoms with Crippen molar-refractivity contribution in [1.29, 1.82) is 0 Å². The van der Waals surface area contributed by atoms with Gasteiger partial charge in [0.1, 0.15) is 0 Å². The summed E-state index contributed by atoms with van der Waals surface area (Å²) in [6.07, 6.45) is 0. The van der Waals surface area contributed by atoms with Crippen LogP contribution in [0, 0.1) is 12.8 Å². The molecule has 1 N–H and O–H groups in total. The Labute approximate surface area is 127 Å². The van der Waals surface area contributed by atoms with E-state index in [4.69, 9.17) is 0 Å². The molecule has 1 aromatic carbocycles. The van der Waals surface area contributed by atoms with Crippen molar-refractivity contribution in [3.05, 3.63) is 34.1 Å². The Morgan fingerprint density at radius 3 is 2.75 bits per heavy atom. The van der Waals surface area contributed by atoms with E-state index in [1.54, 1.807) is 4.68 Å². The first kappa shape index (κ1) is 15.1. The first-order valence-corrected chi connectivity index (χ1v) is 7.57. The van der Waals surface area contributed by atoms with Crippen LogP contribution in [0.5, 0.6) is 0 Å². The normalized spacial score (nSPS) is 12.9. The van der Waals surface area contributed by atoms with Gasteiger partial charge in [-0.15, -0.1) is 5.10 Å². The van der Waals surface area contributed by atoms with Crippen LogP contribution in [0.25, 0.3) is 5.69 Å². The van der Waals surface area contributed by atoms with Gasteiger partial charge < -0.3 is 5.32 Å². The van der Waals surface area contributed by atoms with E-state index in [1.165, 1.54) is 0 Å². The van der Waals surface area contributed by atoms with E-state index in [0.29, 0.717) is 5.92 Å². The zero-order valence-electron chi connectivity index (χ0n) is 12.3. The van der Waals surface area contributed by atoms with Gasteiger partial charge in [-0.2, -0.15) is 4.68 Å². The summed E-state index contributed by atoms with van der Waals surface area (Å²) < 4.78 is 2.80. The van der Waals surface area contributed by atoms with Gasteiger partial charge in [0, 0.05) is 4.47 Å². The molecule has 108 valence electrons. The number of rotatable bonds is 5. The molecule has 0 fully saturated rings. The van der Waals surface area contributed by atoms with Gasteiger partial charge >= 0.3 is 0 Å². The van der Waals surface area contributed by atoms with Crippen molar-refractivity contribution in [1.82, 2.24) is 25.5 Å². The number of benzene rings is 1. The Bertz CT molecular complexity index is 579. The van der Waals surface area contributed by atoms with Gasteiger partial charge in [-0.3, -0.25) is 0 Å². The van der Waals surface area contributed by atoms with Crippen molar-refractivity contribution in [3.63, 3.8) is 0 Å². The highest BCUT2D eigenvalue weighted by atomic mass is 79.9. The fourth-order valence-corrected chi connectivity index (χ4v) is 2.37. The Balaban J connectivity index is 2.30. The standard InChI is InChI=1S/C14H20BrN5/c1-9(2)8-16-11(4)14-17-18-19-20(14)12-7-5-6-10(3)13(12)15/h5-7,9,11,16H,8H2,1-4H3. The van der Waals surface area contributed by atoms with Crippen molar-refractivity contribution >= 4 is 15.9 Å². The highest BCUT2D eigenvalue weighted by Crippen LogP contribution is 2.25. The highest BCUT2D eigenvalue weighted by Gasteiger charge is 2.17. The maximum atomic E-state index is 4.16. The van der Waals surface area contributed by atoms with Crippen LogP contribution in [-0.2, 0) is 0 Å². The number of hydrogen-bond acceptors (Lipinski definition) is 4. The number of aromatic nitrogens is 4. The first-order chi connectivity index (χ1) is 9.50.